The molecule has 1 aromatic carbocycles. The Bertz CT molecular complexity index is 705. The summed E-state index contributed by atoms with van der Waals surface area (Å²) in [6, 6.07) is 7.02. The molecule has 7 heteroatoms. The van der Waals surface area contributed by atoms with Gasteiger partial charge in [-0.2, -0.15) is 4.31 Å². The van der Waals surface area contributed by atoms with Crippen LogP contribution in [0.1, 0.15) is 19.4 Å². The van der Waals surface area contributed by atoms with Crippen LogP contribution in [0.2, 0.25) is 0 Å². The van der Waals surface area contributed by atoms with Gasteiger partial charge < -0.3 is 10.3 Å². The summed E-state index contributed by atoms with van der Waals surface area (Å²) in [4.78, 5) is 3.96. The van der Waals surface area contributed by atoms with E-state index in [4.69, 9.17) is 5.73 Å². The molecule has 6 nitrogen and oxygen atoms in total. The molecular formula is C14H20N4O2S. The summed E-state index contributed by atoms with van der Waals surface area (Å²) in [6.07, 6.45) is 2.99. The zero-order valence-corrected chi connectivity index (χ0v) is 13.2. The summed E-state index contributed by atoms with van der Waals surface area (Å²) < 4.78 is 28.4. The molecule has 0 amide bonds. The first-order chi connectivity index (χ1) is 9.80. The SMILES string of the molecule is CC(C)N(Cc1ccc(N)cc1)S(=O)(=O)c1cn(C)cn1. The van der Waals surface area contributed by atoms with Gasteiger partial charge in [0.25, 0.3) is 10.0 Å². The van der Waals surface area contributed by atoms with Crippen molar-refractivity contribution in [2.45, 2.75) is 31.5 Å². The lowest BCUT2D eigenvalue weighted by Gasteiger charge is -2.25. The fourth-order valence-electron chi connectivity index (χ4n) is 1.99. The summed E-state index contributed by atoms with van der Waals surface area (Å²) in [5, 5.41) is 0.0640. The van der Waals surface area contributed by atoms with Gasteiger partial charge in [-0.05, 0) is 31.5 Å². The van der Waals surface area contributed by atoms with E-state index >= 15 is 0 Å². The van der Waals surface area contributed by atoms with Gasteiger partial charge in [0.2, 0.25) is 0 Å². The first kappa shape index (κ1) is 15.5. The van der Waals surface area contributed by atoms with Crippen LogP contribution in [0.4, 0.5) is 5.69 Å². The second-order valence-corrected chi connectivity index (χ2v) is 7.10. The number of rotatable bonds is 5. The van der Waals surface area contributed by atoms with E-state index in [1.165, 1.54) is 16.8 Å². The quantitative estimate of drug-likeness (QED) is 0.851. The van der Waals surface area contributed by atoms with Gasteiger partial charge in [-0.25, -0.2) is 13.4 Å². The maximum atomic E-state index is 12.7. The Hall–Kier alpha value is -1.86. The van der Waals surface area contributed by atoms with E-state index in [0.717, 1.165) is 5.56 Å². The second-order valence-electron chi connectivity index (χ2n) is 5.26. The lowest BCUT2D eigenvalue weighted by Crippen LogP contribution is -2.36. The fourth-order valence-corrected chi connectivity index (χ4v) is 3.58. The Morgan fingerprint density at radius 1 is 1.29 bits per heavy atom. The third-order valence-corrected chi connectivity index (χ3v) is 5.06. The molecule has 2 N–H and O–H groups in total. The number of imidazole rings is 1. The van der Waals surface area contributed by atoms with Crippen molar-refractivity contribution in [3.63, 3.8) is 0 Å². The number of sulfonamides is 1. The smallest absolute Gasteiger partial charge is 0.262 e. The number of aryl methyl sites for hydroxylation is 1. The van der Waals surface area contributed by atoms with Gasteiger partial charge in [-0.3, -0.25) is 0 Å². The van der Waals surface area contributed by atoms with E-state index in [0.29, 0.717) is 5.69 Å². The van der Waals surface area contributed by atoms with Crippen LogP contribution in [-0.4, -0.2) is 28.3 Å². The Morgan fingerprint density at radius 2 is 1.90 bits per heavy atom. The summed E-state index contributed by atoms with van der Waals surface area (Å²) in [5.41, 5.74) is 7.19. The van der Waals surface area contributed by atoms with E-state index in [1.54, 1.807) is 23.7 Å². The maximum absolute atomic E-state index is 12.7. The van der Waals surface area contributed by atoms with E-state index in [1.807, 2.05) is 26.0 Å². The Labute approximate surface area is 125 Å². The molecule has 2 rings (SSSR count). The average molecular weight is 308 g/mol. The van der Waals surface area contributed by atoms with Crippen LogP contribution in [0, 0.1) is 0 Å². The van der Waals surface area contributed by atoms with Crippen LogP contribution >= 0.6 is 0 Å². The fraction of sp³-hybridized carbons (Fsp3) is 0.357. The van der Waals surface area contributed by atoms with Crippen molar-refractivity contribution in [3.05, 3.63) is 42.4 Å². The van der Waals surface area contributed by atoms with Crippen molar-refractivity contribution >= 4 is 15.7 Å². The molecule has 21 heavy (non-hydrogen) atoms. The third kappa shape index (κ3) is 3.43. The largest absolute Gasteiger partial charge is 0.399 e. The molecule has 0 bridgehead atoms. The molecule has 0 unspecified atom stereocenters. The molecule has 1 heterocycles. The molecule has 0 fully saturated rings. The molecule has 0 spiro atoms. The number of nitrogens with zero attached hydrogens (tertiary/aromatic N) is 3. The minimum Gasteiger partial charge on any atom is -0.399 e. The number of benzene rings is 1. The van der Waals surface area contributed by atoms with E-state index in [-0.39, 0.29) is 17.6 Å². The number of hydrogen-bond acceptors (Lipinski definition) is 4. The Balaban J connectivity index is 2.32. The highest BCUT2D eigenvalue weighted by molar-refractivity contribution is 7.89. The molecule has 0 aliphatic heterocycles. The molecule has 0 aliphatic rings. The van der Waals surface area contributed by atoms with Gasteiger partial charge in [0, 0.05) is 31.5 Å². The highest BCUT2D eigenvalue weighted by Crippen LogP contribution is 2.20. The summed E-state index contributed by atoms with van der Waals surface area (Å²) in [7, 11) is -1.88. The maximum Gasteiger partial charge on any atom is 0.262 e. The van der Waals surface area contributed by atoms with Crippen LogP contribution in [0.3, 0.4) is 0 Å². The zero-order valence-electron chi connectivity index (χ0n) is 12.4. The molecule has 2 aromatic rings. The first-order valence-electron chi connectivity index (χ1n) is 6.65. The molecule has 0 radical (unpaired) electrons. The molecule has 0 aliphatic carbocycles. The number of nitrogens with two attached hydrogens (primary N) is 1. The standard InChI is InChI=1S/C14H20N4O2S/c1-11(2)18(8-12-4-6-13(15)7-5-12)21(19,20)14-9-17(3)10-16-14/h4-7,9-11H,8,15H2,1-3H3. The third-order valence-electron chi connectivity index (χ3n) is 3.15. The van der Waals surface area contributed by atoms with Crippen molar-refractivity contribution in [1.82, 2.24) is 13.9 Å². The summed E-state index contributed by atoms with van der Waals surface area (Å²) >= 11 is 0. The van der Waals surface area contributed by atoms with Crippen LogP contribution in [0.15, 0.2) is 41.8 Å². The zero-order chi connectivity index (χ0) is 15.6. The summed E-state index contributed by atoms with van der Waals surface area (Å²) in [5.74, 6) is 0. The average Bonchev–Trinajstić information content (AvgIpc) is 2.85. The van der Waals surface area contributed by atoms with Gasteiger partial charge in [0.05, 0.1) is 6.33 Å². The predicted octanol–water partition coefficient (Wildman–Crippen LogP) is 1.60. The monoisotopic (exact) mass is 308 g/mol. The predicted molar refractivity (Wildman–Crippen MR) is 81.9 cm³/mol. The van der Waals surface area contributed by atoms with Crippen molar-refractivity contribution in [2.24, 2.45) is 7.05 Å². The molecular weight excluding hydrogens is 288 g/mol. The number of anilines is 1. The molecule has 1 aromatic heterocycles. The number of nitrogen functional groups attached to an aromatic ring is 1. The normalized spacial score (nSPS) is 12.2. The van der Waals surface area contributed by atoms with Crippen LogP contribution < -0.4 is 5.73 Å². The topological polar surface area (TPSA) is 81.2 Å². The molecule has 0 atom stereocenters. The highest BCUT2D eigenvalue weighted by atomic mass is 32.2. The van der Waals surface area contributed by atoms with Crippen molar-refractivity contribution in [2.75, 3.05) is 5.73 Å². The van der Waals surface area contributed by atoms with E-state index in [9.17, 15) is 8.42 Å². The van der Waals surface area contributed by atoms with Gasteiger partial charge >= 0.3 is 0 Å². The van der Waals surface area contributed by atoms with E-state index in [2.05, 4.69) is 4.98 Å². The van der Waals surface area contributed by atoms with Crippen LogP contribution in [0.5, 0.6) is 0 Å². The minimum atomic E-state index is -3.62. The van der Waals surface area contributed by atoms with Crippen LogP contribution in [-0.2, 0) is 23.6 Å². The van der Waals surface area contributed by atoms with Gasteiger partial charge in [0.15, 0.2) is 5.03 Å². The van der Waals surface area contributed by atoms with E-state index < -0.39 is 10.0 Å². The summed E-state index contributed by atoms with van der Waals surface area (Å²) in [6.45, 7) is 3.98. The Kier molecular flexibility index (Phi) is 4.34. The first-order valence-corrected chi connectivity index (χ1v) is 8.09. The van der Waals surface area contributed by atoms with Crippen molar-refractivity contribution in [3.8, 4) is 0 Å². The minimum absolute atomic E-state index is 0.0640. The van der Waals surface area contributed by atoms with Gasteiger partial charge in [-0.15, -0.1) is 0 Å². The number of hydrogen-bond donors (Lipinski definition) is 1. The lowest BCUT2D eigenvalue weighted by atomic mass is 10.2. The Morgan fingerprint density at radius 3 is 2.38 bits per heavy atom. The molecule has 0 saturated carbocycles. The molecule has 0 saturated heterocycles. The molecule has 114 valence electrons. The van der Waals surface area contributed by atoms with Crippen LogP contribution in [0.25, 0.3) is 0 Å². The van der Waals surface area contributed by atoms with Gasteiger partial charge in [0.1, 0.15) is 0 Å². The van der Waals surface area contributed by atoms with Crippen molar-refractivity contribution < 1.29 is 8.42 Å². The van der Waals surface area contributed by atoms with Gasteiger partial charge in [-0.1, -0.05) is 12.1 Å². The lowest BCUT2D eigenvalue weighted by molar-refractivity contribution is 0.347. The highest BCUT2D eigenvalue weighted by Gasteiger charge is 2.29. The number of aromatic nitrogens is 2. The second kappa shape index (κ2) is 5.87. The van der Waals surface area contributed by atoms with Crippen molar-refractivity contribution in [1.29, 1.82) is 0 Å².